The van der Waals surface area contributed by atoms with Gasteiger partial charge >= 0.3 is 0 Å². The molecular formula is C16H12Br2. The molecule has 0 aliphatic heterocycles. The molecule has 0 heterocycles. The third kappa shape index (κ3) is 3.69. The number of hydrogen-bond acceptors (Lipinski definition) is 0. The summed E-state index contributed by atoms with van der Waals surface area (Å²) < 4.78 is 2.08. The van der Waals surface area contributed by atoms with Crippen molar-refractivity contribution in [3.05, 3.63) is 82.3 Å². The highest BCUT2D eigenvalue weighted by molar-refractivity contribution is 9.16. The summed E-state index contributed by atoms with van der Waals surface area (Å²) in [6, 6.07) is 20.4. The Hall–Kier alpha value is -1.12. The van der Waals surface area contributed by atoms with E-state index in [1.165, 1.54) is 5.56 Å². The Kier molecular flexibility index (Phi) is 4.97. The van der Waals surface area contributed by atoms with E-state index in [-0.39, 0.29) is 0 Å². The first-order valence-electron chi connectivity index (χ1n) is 5.61. The van der Waals surface area contributed by atoms with Gasteiger partial charge in [-0.3, -0.25) is 0 Å². The Bertz CT molecular complexity index is 554. The van der Waals surface area contributed by atoms with Crippen LogP contribution in [-0.4, -0.2) is 0 Å². The fourth-order valence-corrected chi connectivity index (χ4v) is 2.29. The van der Waals surface area contributed by atoms with Crippen molar-refractivity contribution in [1.82, 2.24) is 0 Å². The standard InChI is InChI=1S/C16H12Br2/c17-15(12-11-13-7-3-1-4-8-13)16(18)14-9-5-2-6-10-14/h1-12H. The highest BCUT2D eigenvalue weighted by atomic mass is 79.9. The minimum absolute atomic E-state index is 1.03. The van der Waals surface area contributed by atoms with Crippen LogP contribution in [-0.2, 0) is 0 Å². The molecule has 0 aromatic heterocycles. The molecule has 0 nitrogen and oxygen atoms in total. The van der Waals surface area contributed by atoms with Gasteiger partial charge in [-0.25, -0.2) is 0 Å². The molecule has 2 aromatic rings. The topological polar surface area (TPSA) is 0 Å². The van der Waals surface area contributed by atoms with Crippen molar-refractivity contribution >= 4 is 42.4 Å². The normalized spacial score (nSPS) is 12.6. The smallest absolute Gasteiger partial charge is 0.0389 e. The number of allylic oxidation sites excluding steroid dienone is 2. The zero-order valence-electron chi connectivity index (χ0n) is 9.68. The van der Waals surface area contributed by atoms with E-state index in [1.807, 2.05) is 42.5 Å². The third-order valence-electron chi connectivity index (χ3n) is 2.46. The summed E-state index contributed by atoms with van der Waals surface area (Å²) in [5.74, 6) is 0. The Balaban J connectivity index is 2.21. The summed E-state index contributed by atoms with van der Waals surface area (Å²) in [5, 5.41) is 0. The molecule has 0 amide bonds. The molecule has 0 unspecified atom stereocenters. The SMILES string of the molecule is BrC(C=Cc1ccccc1)=C(Br)c1ccccc1. The molecule has 90 valence electrons. The molecule has 2 aromatic carbocycles. The molecule has 0 bridgehead atoms. The van der Waals surface area contributed by atoms with Gasteiger partial charge in [0.2, 0.25) is 0 Å². The van der Waals surface area contributed by atoms with Gasteiger partial charge in [-0.15, -0.1) is 0 Å². The summed E-state index contributed by atoms with van der Waals surface area (Å²) >= 11 is 7.19. The van der Waals surface area contributed by atoms with Crippen molar-refractivity contribution in [2.45, 2.75) is 0 Å². The van der Waals surface area contributed by atoms with Crippen molar-refractivity contribution in [1.29, 1.82) is 0 Å². The maximum atomic E-state index is 3.61. The molecule has 0 N–H and O–H groups in total. The summed E-state index contributed by atoms with van der Waals surface area (Å²) in [7, 11) is 0. The van der Waals surface area contributed by atoms with Gasteiger partial charge in [0.25, 0.3) is 0 Å². The molecular weight excluding hydrogens is 352 g/mol. The van der Waals surface area contributed by atoms with Crippen molar-refractivity contribution in [2.24, 2.45) is 0 Å². The molecule has 2 heteroatoms. The largest absolute Gasteiger partial charge is 0.0622 e. The van der Waals surface area contributed by atoms with Crippen LogP contribution in [0.4, 0.5) is 0 Å². The van der Waals surface area contributed by atoms with Crippen LogP contribution < -0.4 is 0 Å². The Morgan fingerprint density at radius 3 is 1.94 bits per heavy atom. The minimum atomic E-state index is 1.03. The molecule has 0 aliphatic rings. The van der Waals surface area contributed by atoms with E-state index in [0.29, 0.717) is 0 Å². The molecule has 0 aliphatic carbocycles. The fourth-order valence-electron chi connectivity index (χ4n) is 1.53. The first-order valence-corrected chi connectivity index (χ1v) is 7.20. The lowest BCUT2D eigenvalue weighted by molar-refractivity contribution is 1.64. The van der Waals surface area contributed by atoms with Crippen LogP contribution >= 0.6 is 31.9 Å². The van der Waals surface area contributed by atoms with E-state index in [4.69, 9.17) is 0 Å². The van der Waals surface area contributed by atoms with Gasteiger partial charge in [0.05, 0.1) is 0 Å². The molecule has 0 fully saturated rings. The first kappa shape index (κ1) is 13.3. The van der Waals surface area contributed by atoms with Crippen LogP contribution in [0.2, 0.25) is 0 Å². The Morgan fingerprint density at radius 1 is 0.778 bits per heavy atom. The van der Waals surface area contributed by atoms with Gasteiger partial charge in [0.1, 0.15) is 0 Å². The third-order valence-corrected chi connectivity index (χ3v) is 4.54. The summed E-state index contributed by atoms with van der Waals surface area (Å²) in [5.41, 5.74) is 2.34. The van der Waals surface area contributed by atoms with Crippen LogP contribution in [0.5, 0.6) is 0 Å². The van der Waals surface area contributed by atoms with E-state index in [0.717, 1.165) is 14.5 Å². The summed E-state index contributed by atoms with van der Waals surface area (Å²) in [4.78, 5) is 0. The maximum Gasteiger partial charge on any atom is 0.0389 e. The second-order valence-corrected chi connectivity index (χ2v) is 5.42. The van der Waals surface area contributed by atoms with Crippen LogP contribution in [0, 0.1) is 0 Å². The molecule has 0 saturated heterocycles. The zero-order chi connectivity index (χ0) is 12.8. The minimum Gasteiger partial charge on any atom is -0.0622 e. The van der Waals surface area contributed by atoms with Gasteiger partial charge in [-0.05, 0) is 49.1 Å². The first-order chi connectivity index (χ1) is 8.77. The second kappa shape index (κ2) is 6.72. The maximum absolute atomic E-state index is 3.61. The van der Waals surface area contributed by atoms with Crippen LogP contribution in [0.1, 0.15) is 11.1 Å². The van der Waals surface area contributed by atoms with Crippen molar-refractivity contribution in [3.63, 3.8) is 0 Å². The Labute approximate surface area is 124 Å². The summed E-state index contributed by atoms with van der Waals surface area (Å²) in [6.45, 7) is 0. The summed E-state index contributed by atoms with van der Waals surface area (Å²) in [6.07, 6.45) is 4.13. The highest BCUT2D eigenvalue weighted by Crippen LogP contribution is 2.29. The molecule has 18 heavy (non-hydrogen) atoms. The van der Waals surface area contributed by atoms with Gasteiger partial charge in [0, 0.05) is 8.96 Å². The van der Waals surface area contributed by atoms with Gasteiger partial charge in [-0.2, -0.15) is 0 Å². The quantitative estimate of drug-likeness (QED) is 0.599. The monoisotopic (exact) mass is 362 g/mol. The van der Waals surface area contributed by atoms with E-state index in [9.17, 15) is 0 Å². The van der Waals surface area contributed by atoms with Gasteiger partial charge in [-0.1, -0.05) is 66.7 Å². The zero-order valence-corrected chi connectivity index (χ0v) is 12.9. The number of benzene rings is 2. The number of halogens is 2. The molecule has 2 rings (SSSR count). The van der Waals surface area contributed by atoms with E-state index in [2.05, 4.69) is 62.2 Å². The predicted molar refractivity (Wildman–Crippen MR) is 86.7 cm³/mol. The lowest BCUT2D eigenvalue weighted by atomic mass is 10.2. The average Bonchev–Trinajstić information content (AvgIpc) is 2.46. The molecule has 0 spiro atoms. The van der Waals surface area contributed by atoms with Crippen molar-refractivity contribution in [3.8, 4) is 0 Å². The van der Waals surface area contributed by atoms with Crippen molar-refractivity contribution in [2.75, 3.05) is 0 Å². The number of hydrogen-bond donors (Lipinski definition) is 0. The van der Waals surface area contributed by atoms with Gasteiger partial charge in [0.15, 0.2) is 0 Å². The lowest BCUT2D eigenvalue weighted by Crippen LogP contribution is -1.77. The van der Waals surface area contributed by atoms with Crippen molar-refractivity contribution < 1.29 is 0 Å². The Morgan fingerprint density at radius 2 is 1.33 bits per heavy atom. The highest BCUT2D eigenvalue weighted by Gasteiger charge is 2.00. The second-order valence-electron chi connectivity index (χ2n) is 3.77. The molecule has 0 radical (unpaired) electrons. The average molecular weight is 364 g/mol. The lowest BCUT2D eigenvalue weighted by Gasteiger charge is -2.01. The van der Waals surface area contributed by atoms with E-state index < -0.39 is 0 Å². The number of rotatable bonds is 3. The van der Waals surface area contributed by atoms with E-state index in [1.54, 1.807) is 0 Å². The van der Waals surface area contributed by atoms with E-state index >= 15 is 0 Å². The molecule has 0 saturated carbocycles. The fraction of sp³-hybridized carbons (Fsp3) is 0. The van der Waals surface area contributed by atoms with Crippen LogP contribution in [0.3, 0.4) is 0 Å². The van der Waals surface area contributed by atoms with Crippen LogP contribution in [0.15, 0.2) is 71.2 Å². The predicted octanol–water partition coefficient (Wildman–Crippen LogP) is 5.86. The van der Waals surface area contributed by atoms with Gasteiger partial charge < -0.3 is 0 Å². The van der Waals surface area contributed by atoms with Crippen LogP contribution in [0.25, 0.3) is 10.6 Å². The molecule has 0 atom stereocenters.